The first-order valence-corrected chi connectivity index (χ1v) is 6.01. The van der Waals surface area contributed by atoms with Gasteiger partial charge in [-0.3, -0.25) is 4.79 Å². The van der Waals surface area contributed by atoms with Crippen molar-refractivity contribution in [3.63, 3.8) is 0 Å². The number of anilines is 1. The van der Waals surface area contributed by atoms with Crippen LogP contribution in [0, 0.1) is 5.82 Å². The Labute approximate surface area is 111 Å². The van der Waals surface area contributed by atoms with Gasteiger partial charge in [0.15, 0.2) is 0 Å². The quantitative estimate of drug-likeness (QED) is 0.885. The summed E-state index contributed by atoms with van der Waals surface area (Å²) in [6, 6.07) is 13.9. The minimum Gasteiger partial charge on any atom is -0.326 e. The Balaban J connectivity index is 2.03. The van der Waals surface area contributed by atoms with Gasteiger partial charge in [0.1, 0.15) is 5.82 Å². The fraction of sp³-hybridized carbons (Fsp3) is 0.133. The highest BCUT2D eigenvalue weighted by Crippen LogP contribution is 2.16. The van der Waals surface area contributed by atoms with Crippen molar-refractivity contribution in [1.29, 1.82) is 0 Å². The molecule has 0 aliphatic rings. The van der Waals surface area contributed by atoms with Crippen LogP contribution >= 0.6 is 0 Å². The van der Waals surface area contributed by atoms with Crippen LogP contribution in [0.3, 0.4) is 0 Å². The Bertz CT molecular complexity index is 570. The first-order chi connectivity index (χ1) is 9.19. The second-order valence-electron chi connectivity index (χ2n) is 4.23. The van der Waals surface area contributed by atoms with Crippen LogP contribution in [0.5, 0.6) is 0 Å². The van der Waals surface area contributed by atoms with Crippen LogP contribution < -0.4 is 11.1 Å². The molecular formula is C15H15FN2O. The van der Waals surface area contributed by atoms with E-state index >= 15 is 0 Å². The number of nitrogens with two attached hydrogens (primary N) is 1. The molecule has 0 aromatic heterocycles. The summed E-state index contributed by atoms with van der Waals surface area (Å²) in [5.41, 5.74) is 7.18. The van der Waals surface area contributed by atoms with Gasteiger partial charge in [0.25, 0.3) is 0 Å². The van der Waals surface area contributed by atoms with Crippen LogP contribution in [0.15, 0.2) is 48.5 Å². The van der Waals surface area contributed by atoms with Gasteiger partial charge in [0, 0.05) is 6.54 Å². The molecule has 0 saturated carbocycles. The molecule has 0 aliphatic heterocycles. The van der Waals surface area contributed by atoms with Crippen molar-refractivity contribution in [2.45, 2.75) is 13.0 Å². The van der Waals surface area contributed by atoms with Gasteiger partial charge in [-0.15, -0.1) is 0 Å². The molecule has 1 amide bonds. The third-order valence-corrected chi connectivity index (χ3v) is 2.75. The summed E-state index contributed by atoms with van der Waals surface area (Å²) < 4.78 is 13.7. The molecule has 3 nitrogen and oxygen atoms in total. The lowest BCUT2D eigenvalue weighted by molar-refractivity contribution is -0.115. The molecule has 0 unspecified atom stereocenters. The van der Waals surface area contributed by atoms with Crippen LogP contribution in [0.2, 0.25) is 0 Å². The van der Waals surface area contributed by atoms with Crippen molar-refractivity contribution in [2.24, 2.45) is 5.73 Å². The molecule has 0 aliphatic carbocycles. The molecule has 0 bridgehead atoms. The smallest absolute Gasteiger partial charge is 0.228 e. The minimum absolute atomic E-state index is 0.179. The van der Waals surface area contributed by atoms with E-state index in [4.69, 9.17) is 5.73 Å². The zero-order valence-electron chi connectivity index (χ0n) is 10.4. The molecule has 0 spiro atoms. The summed E-state index contributed by atoms with van der Waals surface area (Å²) in [5, 5.41) is 2.56. The largest absolute Gasteiger partial charge is 0.326 e. The maximum atomic E-state index is 13.7. The van der Waals surface area contributed by atoms with Gasteiger partial charge >= 0.3 is 0 Å². The standard InChI is InChI=1S/C15H15FN2O/c16-13-8-12(10-17)6-7-14(13)18-15(19)9-11-4-2-1-3-5-11/h1-8H,9-10,17H2,(H,18,19). The van der Waals surface area contributed by atoms with Gasteiger partial charge in [0.2, 0.25) is 5.91 Å². The highest BCUT2D eigenvalue weighted by atomic mass is 19.1. The number of benzene rings is 2. The molecule has 19 heavy (non-hydrogen) atoms. The normalized spacial score (nSPS) is 10.2. The van der Waals surface area contributed by atoms with Gasteiger partial charge in [0.05, 0.1) is 12.1 Å². The van der Waals surface area contributed by atoms with Gasteiger partial charge in [-0.1, -0.05) is 36.4 Å². The van der Waals surface area contributed by atoms with Crippen LogP contribution in [0.4, 0.5) is 10.1 Å². The summed E-state index contributed by atoms with van der Waals surface area (Å²) in [4.78, 5) is 11.8. The van der Waals surface area contributed by atoms with E-state index < -0.39 is 5.82 Å². The van der Waals surface area contributed by atoms with E-state index in [2.05, 4.69) is 5.32 Å². The molecule has 0 saturated heterocycles. The summed E-state index contributed by atoms with van der Waals surface area (Å²) in [6.07, 6.45) is 0.221. The summed E-state index contributed by atoms with van der Waals surface area (Å²) in [5.74, 6) is -0.713. The first-order valence-electron chi connectivity index (χ1n) is 6.01. The monoisotopic (exact) mass is 258 g/mol. The highest BCUT2D eigenvalue weighted by molar-refractivity contribution is 5.92. The predicted molar refractivity (Wildman–Crippen MR) is 73.1 cm³/mol. The van der Waals surface area contributed by atoms with Gasteiger partial charge < -0.3 is 11.1 Å². The van der Waals surface area contributed by atoms with E-state index in [1.165, 1.54) is 12.1 Å². The average Bonchev–Trinajstić information content (AvgIpc) is 2.42. The fourth-order valence-electron chi connectivity index (χ4n) is 1.76. The lowest BCUT2D eigenvalue weighted by atomic mass is 10.1. The van der Waals surface area contributed by atoms with Crippen LogP contribution in [0.25, 0.3) is 0 Å². The van der Waals surface area contributed by atoms with Crippen molar-refractivity contribution in [3.8, 4) is 0 Å². The molecule has 0 heterocycles. The maximum absolute atomic E-state index is 13.7. The highest BCUT2D eigenvalue weighted by Gasteiger charge is 2.08. The first kappa shape index (κ1) is 13.2. The summed E-state index contributed by atoms with van der Waals surface area (Å²) >= 11 is 0. The second kappa shape index (κ2) is 6.11. The minimum atomic E-state index is -0.468. The number of hydrogen-bond donors (Lipinski definition) is 2. The molecule has 3 N–H and O–H groups in total. The van der Waals surface area contributed by atoms with E-state index in [-0.39, 0.29) is 24.6 Å². The zero-order chi connectivity index (χ0) is 13.7. The molecule has 2 rings (SSSR count). The van der Waals surface area contributed by atoms with Gasteiger partial charge in [-0.05, 0) is 23.3 Å². The van der Waals surface area contributed by atoms with Crippen molar-refractivity contribution < 1.29 is 9.18 Å². The van der Waals surface area contributed by atoms with Crippen LogP contribution in [0.1, 0.15) is 11.1 Å². The van der Waals surface area contributed by atoms with Crippen molar-refractivity contribution >= 4 is 11.6 Å². The summed E-state index contributed by atoms with van der Waals surface area (Å²) in [7, 11) is 0. The van der Waals surface area contributed by atoms with E-state index in [0.717, 1.165) is 5.56 Å². The van der Waals surface area contributed by atoms with E-state index in [9.17, 15) is 9.18 Å². The van der Waals surface area contributed by atoms with E-state index in [1.54, 1.807) is 6.07 Å². The van der Waals surface area contributed by atoms with E-state index in [0.29, 0.717) is 5.56 Å². The number of rotatable bonds is 4. The van der Waals surface area contributed by atoms with Crippen LogP contribution in [-0.4, -0.2) is 5.91 Å². The maximum Gasteiger partial charge on any atom is 0.228 e. The third-order valence-electron chi connectivity index (χ3n) is 2.75. The Morgan fingerprint density at radius 1 is 1.11 bits per heavy atom. The molecule has 98 valence electrons. The lowest BCUT2D eigenvalue weighted by Gasteiger charge is -2.07. The topological polar surface area (TPSA) is 55.1 Å². The predicted octanol–water partition coefficient (Wildman–Crippen LogP) is 2.47. The number of carbonyl (C=O) groups is 1. The number of hydrogen-bond acceptors (Lipinski definition) is 2. The van der Waals surface area contributed by atoms with Crippen molar-refractivity contribution in [2.75, 3.05) is 5.32 Å². The van der Waals surface area contributed by atoms with Crippen LogP contribution in [-0.2, 0) is 17.8 Å². The Morgan fingerprint density at radius 2 is 1.84 bits per heavy atom. The number of halogens is 1. The molecular weight excluding hydrogens is 243 g/mol. The number of carbonyl (C=O) groups excluding carboxylic acids is 1. The Hall–Kier alpha value is -2.20. The molecule has 2 aromatic rings. The van der Waals surface area contributed by atoms with Gasteiger partial charge in [-0.25, -0.2) is 4.39 Å². The second-order valence-corrected chi connectivity index (χ2v) is 4.23. The Morgan fingerprint density at radius 3 is 2.47 bits per heavy atom. The fourth-order valence-corrected chi connectivity index (χ4v) is 1.76. The van der Waals surface area contributed by atoms with Crippen molar-refractivity contribution in [3.05, 3.63) is 65.5 Å². The zero-order valence-corrected chi connectivity index (χ0v) is 10.4. The average molecular weight is 258 g/mol. The van der Waals surface area contributed by atoms with Gasteiger partial charge in [-0.2, -0.15) is 0 Å². The molecule has 2 aromatic carbocycles. The summed E-state index contributed by atoms with van der Waals surface area (Å²) in [6.45, 7) is 0.273. The van der Waals surface area contributed by atoms with E-state index in [1.807, 2.05) is 30.3 Å². The molecule has 0 fully saturated rings. The SMILES string of the molecule is NCc1ccc(NC(=O)Cc2ccccc2)c(F)c1. The Kier molecular flexibility index (Phi) is 4.26. The number of nitrogens with one attached hydrogen (secondary N) is 1. The molecule has 4 heteroatoms. The molecule has 0 radical (unpaired) electrons. The lowest BCUT2D eigenvalue weighted by Crippen LogP contribution is -2.15. The van der Waals surface area contributed by atoms with Crippen molar-refractivity contribution in [1.82, 2.24) is 0 Å². The molecule has 0 atom stereocenters. The third kappa shape index (κ3) is 3.63. The number of amides is 1.